The molecule has 1 aromatic carbocycles. The minimum atomic E-state index is -0.183. The molecule has 0 atom stereocenters. The van der Waals surface area contributed by atoms with E-state index in [2.05, 4.69) is 10.0 Å². The van der Waals surface area contributed by atoms with Crippen molar-refractivity contribution in [2.75, 3.05) is 0 Å². The predicted molar refractivity (Wildman–Crippen MR) is 55.0 cm³/mol. The Kier molecular flexibility index (Phi) is 3.10. The van der Waals surface area contributed by atoms with E-state index in [1.54, 1.807) is 0 Å². The highest BCUT2D eigenvalue weighted by molar-refractivity contribution is 14.1. The zero-order valence-electron chi connectivity index (χ0n) is 6.31. The van der Waals surface area contributed by atoms with E-state index in [0.29, 0.717) is 15.5 Å². The second kappa shape index (κ2) is 4.11. The largest absolute Gasteiger partial charge is 0.507 e. The lowest BCUT2D eigenvalue weighted by Gasteiger charge is -2.00. The van der Waals surface area contributed by atoms with Gasteiger partial charge in [0.25, 0.3) is 0 Å². The molecule has 0 spiro atoms. The molecular weight excluding hydrogens is 285 g/mol. The first kappa shape index (κ1) is 9.82. The van der Waals surface area contributed by atoms with E-state index in [-0.39, 0.29) is 11.3 Å². The van der Waals surface area contributed by atoms with Crippen molar-refractivity contribution < 1.29 is 9.90 Å². The lowest BCUT2D eigenvalue weighted by atomic mass is 10.2. The third kappa shape index (κ3) is 2.10. The molecule has 0 aliphatic carbocycles. The number of phenols is 1. The van der Waals surface area contributed by atoms with Crippen LogP contribution in [-0.2, 0) is 0 Å². The molecule has 6 heteroatoms. The molecule has 13 heavy (non-hydrogen) atoms. The van der Waals surface area contributed by atoms with E-state index in [1.807, 2.05) is 22.6 Å². The quantitative estimate of drug-likeness (QED) is 0.298. The minimum absolute atomic E-state index is 0.182. The van der Waals surface area contributed by atoms with Gasteiger partial charge in [-0.2, -0.15) is 0 Å². The monoisotopic (exact) mass is 289 g/mol. The van der Waals surface area contributed by atoms with Gasteiger partial charge in [-0.1, -0.05) is 5.11 Å². The van der Waals surface area contributed by atoms with E-state index < -0.39 is 0 Å². The number of hydrogen-bond acceptors (Lipinski definition) is 3. The number of aromatic hydroxyl groups is 1. The van der Waals surface area contributed by atoms with Gasteiger partial charge in [0.15, 0.2) is 6.29 Å². The molecule has 5 nitrogen and oxygen atoms in total. The van der Waals surface area contributed by atoms with Gasteiger partial charge in [-0.05, 0) is 40.3 Å². The molecule has 0 radical (unpaired) electrons. The van der Waals surface area contributed by atoms with Crippen LogP contribution in [0, 0.1) is 3.57 Å². The van der Waals surface area contributed by atoms with Crippen molar-refractivity contribution in [3.8, 4) is 5.75 Å². The lowest BCUT2D eigenvalue weighted by Crippen LogP contribution is -1.83. The summed E-state index contributed by atoms with van der Waals surface area (Å²) in [5.74, 6) is -0.183. The third-order valence-corrected chi connectivity index (χ3v) is 2.24. The standard InChI is InChI=1S/C7H4IN3O2/c8-5-1-4(3-12)7(13)2-6(5)10-11-9/h1-3,13H. The maximum Gasteiger partial charge on any atom is 0.153 e. The van der Waals surface area contributed by atoms with Crippen LogP contribution in [0.4, 0.5) is 5.69 Å². The van der Waals surface area contributed by atoms with Gasteiger partial charge in [-0.15, -0.1) is 0 Å². The predicted octanol–water partition coefficient (Wildman–Crippen LogP) is 2.75. The van der Waals surface area contributed by atoms with Crippen LogP contribution in [0.5, 0.6) is 5.75 Å². The normalized spacial score (nSPS) is 9.00. The van der Waals surface area contributed by atoms with E-state index in [1.165, 1.54) is 12.1 Å². The van der Waals surface area contributed by atoms with E-state index in [0.717, 1.165) is 0 Å². The lowest BCUT2D eigenvalue weighted by molar-refractivity contribution is 0.112. The average Bonchev–Trinajstić information content (AvgIpc) is 2.11. The van der Waals surface area contributed by atoms with Gasteiger partial charge < -0.3 is 5.11 Å². The molecule has 0 aliphatic rings. The summed E-state index contributed by atoms with van der Waals surface area (Å²) in [6, 6.07) is 2.71. The summed E-state index contributed by atoms with van der Waals surface area (Å²) in [4.78, 5) is 13.0. The second-order valence-corrected chi connectivity index (χ2v) is 3.33. The molecule has 0 saturated carbocycles. The van der Waals surface area contributed by atoms with Crippen LogP contribution in [0.3, 0.4) is 0 Å². The number of benzene rings is 1. The van der Waals surface area contributed by atoms with Crippen LogP contribution < -0.4 is 0 Å². The van der Waals surface area contributed by atoms with Crippen LogP contribution in [0.2, 0.25) is 0 Å². The Hall–Kier alpha value is -1.27. The first-order valence-corrected chi connectivity index (χ1v) is 4.29. The van der Waals surface area contributed by atoms with Crippen molar-refractivity contribution >= 4 is 34.6 Å². The van der Waals surface area contributed by atoms with Crippen LogP contribution in [-0.4, -0.2) is 11.4 Å². The van der Waals surface area contributed by atoms with Gasteiger partial charge in [-0.25, -0.2) is 0 Å². The summed E-state index contributed by atoms with van der Waals surface area (Å²) >= 11 is 1.91. The van der Waals surface area contributed by atoms with E-state index >= 15 is 0 Å². The average molecular weight is 289 g/mol. The number of aldehydes is 1. The maximum atomic E-state index is 10.4. The Morgan fingerprint density at radius 3 is 2.85 bits per heavy atom. The number of carbonyl (C=O) groups excluding carboxylic acids is 1. The first-order chi connectivity index (χ1) is 6.19. The molecule has 0 aromatic heterocycles. The number of nitrogens with zero attached hydrogens (tertiary/aromatic N) is 3. The molecule has 0 fully saturated rings. The van der Waals surface area contributed by atoms with Gasteiger partial charge in [0.2, 0.25) is 0 Å². The summed E-state index contributed by atoms with van der Waals surface area (Å²) in [6.07, 6.45) is 0.539. The molecule has 0 bridgehead atoms. The Bertz CT molecular complexity index is 399. The van der Waals surface area contributed by atoms with Gasteiger partial charge in [0.1, 0.15) is 5.75 Å². The molecule has 0 amide bonds. The van der Waals surface area contributed by atoms with Crippen molar-refractivity contribution in [3.63, 3.8) is 0 Å². The fourth-order valence-electron chi connectivity index (χ4n) is 0.785. The Labute approximate surface area is 87.1 Å². The summed E-state index contributed by atoms with van der Waals surface area (Å²) in [5.41, 5.74) is 8.66. The number of carbonyl (C=O) groups is 1. The summed E-state index contributed by atoms with van der Waals surface area (Å²) in [6.45, 7) is 0. The number of hydrogen-bond donors (Lipinski definition) is 1. The molecule has 1 aromatic rings. The van der Waals surface area contributed by atoms with Crippen molar-refractivity contribution in [2.45, 2.75) is 0 Å². The summed E-state index contributed by atoms with van der Waals surface area (Å²) < 4.78 is 0.621. The van der Waals surface area contributed by atoms with Crippen LogP contribution in [0.25, 0.3) is 10.4 Å². The highest BCUT2D eigenvalue weighted by atomic mass is 127. The van der Waals surface area contributed by atoms with Gasteiger partial charge in [0, 0.05) is 8.48 Å². The van der Waals surface area contributed by atoms with E-state index in [4.69, 9.17) is 5.53 Å². The SMILES string of the molecule is [N-]=[N+]=Nc1cc(O)c(C=O)cc1I. The van der Waals surface area contributed by atoms with Crippen molar-refractivity contribution in [2.24, 2.45) is 5.11 Å². The van der Waals surface area contributed by atoms with Crippen LogP contribution in [0.15, 0.2) is 17.2 Å². The number of azide groups is 1. The highest BCUT2D eigenvalue weighted by Crippen LogP contribution is 2.28. The Balaban J connectivity index is 3.35. The maximum absolute atomic E-state index is 10.4. The molecule has 0 aliphatic heterocycles. The van der Waals surface area contributed by atoms with Gasteiger partial charge >= 0.3 is 0 Å². The van der Waals surface area contributed by atoms with Crippen LogP contribution >= 0.6 is 22.6 Å². The topological polar surface area (TPSA) is 86.1 Å². The van der Waals surface area contributed by atoms with Crippen LogP contribution in [0.1, 0.15) is 10.4 Å². The van der Waals surface area contributed by atoms with Gasteiger partial charge in [0.05, 0.1) is 11.3 Å². The Morgan fingerprint density at radius 1 is 1.62 bits per heavy atom. The number of phenolic OH excluding ortho intramolecular Hbond substituents is 1. The third-order valence-electron chi connectivity index (χ3n) is 1.38. The van der Waals surface area contributed by atoms with Crippen molar-refractivity contribution in [1.29, 1.82) is 0 Å². The molecule has 0 saturated heterocycles. The summed E-state index contributed by atoms with van der Waals surface area (Å²) in [5, 5.41) is 12.6. The fourth-order valence-corrected chi connectivity index (χ4v) is 1.38. The number of halogens is 1. The molecule has 0 unspecified atom stereocenters. The zero-order chi connectivity index (χ0) is 9.84. The van der Waals surface area contributed by atoms with Crippen molar-refractivity contribution in [1.82, 2.24) is 0 Å². The smallest absolute Gasteiger partial charge is 0.153 e. The Morgan fingerprint density at radius 2 is 2.31 bits per heavy atom. The minimum Gasteiger partial charge on any atom is -0.507 e. The first-order valence-electron chi connectivity index (χ1n) is 3.22. The molecule has 0 heterocycles. The number of rotatable bonds is 2. The van der Waals surface area contributed by atoms with E-state index in [9.17, 15) is 9.90 Å². The molecule has 1 rings (SSSR count). The second-order valence-electron chi connectivity index (χ2n) is 2.17. The molecular formula is C7H4IN3O2. The summed E-state index contributed by atoms with van der Waals surface area (Å²) in [7, 11) is 0. The van der Waals surface area contributed by atoms with Gasteiger partial charge in [-0.3, -0.25) is 4.79 Å². The molecule has 1 N–H and O–H groups in total. The van der Waals surface area contributed by atoms with Crippen molar-refractivity contribution in [3.05, 3.63) is 31.7 Å². The highest BCUT2D eigenvalue weighted by Gasteiger charge is 2.04. The zero-order valence-corrected chi connectivity index (χ0v) is 8.46. The fraction of sp³-hybridized carbons (Fsp3) is 0. The molecule has 66 valence electrons.